The third kappa shape index (κ3) is 3.16. The maximum atomic E-state index is 13.3. The van der Waals surface area contributed by atoms with E-state index in [9.17, 15) is 19.3 Å². The summed E-state index contributed by atoms with van der Waals surface area (Å²) in [5, 5.41) is 13.2. The van der Waals surface area contributed by atoms with E-state index >= 15 is 0 Å². The Hall–Kier alpha value is -2.18. The van der Waals surface area contributed by atoms with Crippen LogP contribution < -0.4 is 5.32 Å². The Kier molecular flexibility index (Phi) is 4.59. The lowest BCUT2D eigenvalue weighted by Gasteiger charge is -2.15. The molecule has 98 valence electrons. The first-order valence-electron chi connectivity index (χ1n) is 5.27. The maximum Gasteiger partial charge on any atom is 0.328 e. The summed E-state index contributed by atoms with van der Waals surface area (Å²) in [4.78, 5) is 20.9. The molecule has 0 fully saturated rings. The molecule has 0 heterocycles. The normalized spacial score (nSPS) is 11.7. The average molecular weight is 256 g/mol. The van der Waals surface area contributed by atoms with Gasteiger partial charge in [0.05, 0.1) is 12.0 Å². The van der Waals surface area contributed by atoms with E-state index in [0.29, 0.717) is 6.42 Å². The van der Waals surface area contributed by atoms with Gasteiger partial charge in [-0.25, -0.2) is 4.79 Å². The smallest absolute Gasteiger partial charge is 0.328 e. The number of methoxy groups -OCH3 is 1. The molecule has 1 aromatic rings. The van der Waals surface area contributed by atoms with Gasteiger partial charge in [0.25, 0.3) is 0 Å². The van der Waals surface area contributed by atoms with E-state index in [-0.39, 0.29) is 5.69 Å². The fourth-order valence-electron chi connectivity index (χ4n) is 1.42. The molecule has 0 saturated heterocycles. The molecule has 0 radical (unpaired) electrons. The second-order valence-corrected chi connectivity index (χ2v) is 3.55. The van der Waals surface area contributed by atoms with Gasteiger partial charge in [-0.05, 0) is 12.5 Å². The van der Waals surface area contributed by atoms with Crippen LogP contribution in [0.25, 0.3) is 0 Å². The van der Waals surface area contributed by atoms with Crippen LogP contribution in [0.2, 0.25) is 0 Å². The second-order valence-electron chi connectivity index (χ2n) is 3.55. The molecule has 1 aromatic carbocycles. The summed E-state index contributed by atoms with van der Waals surface area (Å²) in [6.07, 6.45) is 0.450. The number of hydrogen-bond donors (Lipinski definition) is 1. The van der Waals surface area contributed by atoms with Crippen LogP contribution in [-0.4, -0.2) is 24.0 Å². The molecular formula is C11H13FN2O4. The van der Waals surface area contributed by atoms with Crippen LogP contribution in [-0.2, 0) is 9.53 Å². The van der Waals surface area contributed by atoms with Crippen molar-refractivity contribution < 1.29 is 18.8 Å². The molecular weight excluding hydrogens is 243 g/mol. The molecule has 1 atom stereocenters. The molecule has 0 aromatic heterocycles. The highest BCUT2D eigenvalue weighted by Gasteiger charge is 2.19. The molecule has 0 aliphatic rings. The lowest BCUT2D eigenvalue weighted by Crippen LogP contribution is -2.29. The van der Waals surface area contributed by atoms with Gasteiger partial charge >= 0.3 is 11.7 Å². The first-order chi connectivity index (χ1) is 8.49. The van der Waals surface area contributed by atoms with Gasteiger partial charge in [-0.2, -0.15) is 4.39 Å². The Balaban J connectivity index is 2.88. The number of halogens is 1. The summed E-state index contributed by atoms with van der Waals surface area (Å²) in [6, 6.07) is 2.74. The molecule has 1 N–H and O–H groups in total. The van der Waals surface area contributed by atoms with Crippen molar-refractivity contribution in [2.24, 2.45) is 0 Å². The van der Waals surface area contributed by atoms with Crippen molar-refractivity contribution in [1.82, 2.24) is 0 Å². The number of nitro groups is 1. The third-order valence-corrected chi connectivity index (χ3v) is 2.38. The van der Waals surface area contributed by atoms with E-state index in [1.807, 2.05) is 0 Å². The maximum absolute atomic E-state index is 13.3. The van der Waals surface area contributed by atoms with Crippen LogP contribution in [0.1, 0.15) is 13.3 Å². The van der Waals surface area contributed by atoms with Crippen molar-refractivity contribution in [3.05, 3.63) is 34.1 Å². The van der Waals surface area contributed by atoms with Crippen LogP contribution in [0.4, 0.5) is 15.8 Å². The number of ether oxygens (including phenoxy) is 1. The van der Waals surface area contributed by atoms with E-state index in [1.165, 1.54) is 13.2 Å². The van der Waals surface area contributed by atoms with Crippen molar-refractivity contribution in [3.8, 4) is 0 Å². The molecule has 7 heteroatoms. The molecule has 0 aliphatic heterocycles. The Bertz CT molecular complexity index is 464. The minimum absolute atomic E-state index is 0.287. The summed E-state index contributed by atoms with van der Waals surface area (Å²) >= 11 is 0. The first kappa shape index (κ1) is 13.9. The van der Waals surface area contributed by atoms with E-state index in [1.54, 1.807) is 6.92 Å². The molecule has 0 bridgehead atoms. The largest absolute Gasteiger partial charge is 0.467 e. The summed E-state index contributed by atoms with van der Waals surface area (Å²) in [6.45, 7) is 1.76. The van der Waals surface area contributed by atoms with Crippen LogP contribution >= 0.6 is 0 Å². The monoisotopic (exact) mass is 256 g/mol. The molecule has 18 heavy (non-hydrogen) atoms. The van der Waals surface area contributed by atoms with Crippen molar-refractivity contribution in [3.63, 3.8) is 0 Å². The predicted octanol–water partition coefficient (Wildman–Crippen LogP) is 2.10. The van der Waals surface area contributed by atoms with E-state index in [0.717, 1.165) is 12.1 Å². The zero-order chi connectivity index (χ0) is 13.7. The molecule has 1 rings (SSSR count). The van der Waals surface area contributed by atoms with Gasteiger partial charge in [0.2, 0.25) is 5.82 Å². The number of nitro benzene ring substituents is 1. The minimum Gasteiger partial charge on any atom is -0.467 e. The molecule has 0 aliphatic carbocycles. The molecule has 0 saturated carbocycles. The van der Waals surface area contributed by atoms with Gasteiger partial charge in [0, 0.05) is 17.8 Å². The number of hydrogen-bond acceptors (Lipinski definition) is 5. The fourth-order valence-corrected chi connectivity index (χ4v) is 1.42. The number of carbonyl (C=O) groups excluding carboxylic acids is 1. The Morgan fingerprint density at radius 1 is 1.61 bits per heavy atom. The minimum atomic E-state index is -0.954. The summed E-state index contributed by atoms with van der Waals surface area (Å²) in [5.74, 6) is -1.43. The molecule has 6 nitrogen and oxygen atoms in total. The zero-order valence-electron chi connectivity index (χ0n) is 9.97. The van der Waals surface area contributed by atoms with Gasteiger partial charge in [0.15, 0.2) is 0 Å². The van der Waals surface area contributed by atoms with Crippen molar-refractivity contribution in [2.75, 3.05) is 12.4 Å². The molecule has 0 amide bonds. The van der Waals surface area contributed by atoms with Crippen LogP contribution in [0.5, 0.6) is 0 Å². The van der Waals surface area contributed by atoms with Gasteiger partial charge in [-0.15, -0.1) is 0 Å². The number of esters is 1. The number of nitrogens with one attached hydrogen (secondary N) is 1. The Labute approximate surface area is 103 Å². The summed E-state index contributed by atoms with van der Waals surface area (Å²) in [7, 11) is 1.25. The van der Waals surface area contributed by atoms with Crippen molar-refractivity contribution in [2.45, 2.75) is 19.4 Å². The van der Waals surface area contributed by atoms with Crippen molar-refractivity contribution >= 4 is 17.3 Å². The fraction of sp³-hybridized carbons (Fsp3) is 0.364. The highest BCUT2D eigenvalue weighted by molar-refractivity contribution is 5.79. The summed E-state index contributed by atoms with van der Waals surface area (Å²) in [5.41, 5.74) is -0.318. The lowest BCUT2D eigenvalue weighted by molar-refractivity contribution is -0.387. The number of rotatable bonds is 5. The standard InChI is InChI=1S/C11H13FN2O4/c1-3-9(11(15)18-2)13-7-4-5-10(14(16)17)8(12)6-7/h4-6,9,13H,3H2,1-2H3. The SMILES string of the molecule is CCC(Nc1ccc([N+](=O)[O-])c(F)c1)C(=O)OC. The Morgan fingerprint density at radius 3 is 2.72 bits per heavy atom. The Morgan fingerprint density at radius 2 is 2.28 bits per heavy atom. The van der Waals surface area contributed by atoms with E-state index in [2.05, 4.69) is 10.1 Å². The van der Waals surface area contributed by atoms with Crippen molar-refractivity contribution in [1.29, 1.82) is 0 Å². The van der Waals surface area contributed by atoms with E-state index < -0.39 is 28.4 Å². The van der Waals surface area contributed by atoms with Gasteiger partial charge in [0.1, 0.15) is 6.04 Å². The number of carbonyl (C=O) groups is 1. The first-order valence-corrected chi connectivity index (χ1v) is 5.27. The number of benzene rings is 1. The average Bonchev–Trinajstić information content (AvgIpc) is 2.34. The number of nitrogens with zero attached hydrogens (tertiary/aromatic N) is 1. The summed E-state index contributed by atoms with van der Waals surface area (Å²) < 4.78 is 17.9. The lowest BCUT2D eigenvalue weighted by atomic mass is 10.2. The quantitative estimate of drug-likeness (QED) is 0.495. The highest BCUT2D eigenvalue weighted by atomic mass is 19.1. The van der Waals surface area contributed by atoms with Crippen LogP contribution in [0.3, 0.4) is 0 Å². The topological polar surface area (TPSA) is 81.5 Å². The number of anilines is 1. The van der Waals surface area contributed by atoms with Gasteiger partial charge in [-0.1, -0.05) is 6.92 Å². The van der Waals surface area contributed by atoms with Crippen LogP contribution in [0.15, 0.2) is 18.2 Å². The second kappa shape index (κ2) is 5.95. The van der Waals surface area contributed by atoms with E-state index in [4.69, 9.17) is 0 Å². The zero-order valence-corrected chi connectivity index (χ0v) is 9.97. The van der Waals surface area contributed by atoms with Crippen LogP contribution in [0, 0.1) is 15.9 Å². The predicted molar refractivity (Wildman–Crippen MR) is 62.8 cm³/mol. The van der Waals surface area contributed by atoms with Gasteiger partial charge in [-0.3, -0.25) is 10.1 Å². The highest BCUT2D eigenvalue weighted by Crippen LogP contribution is 2.21. The molecule has 0 spiro atoms. The van der Waals surface area contributed by atoms with Gasteiger partial charge < -0.3 is 10.1 Å². The molecule has 1 unspecified atom stereocenters. The third-order valence-electron chi connectivity index (χ3n) is 2.38.